The number of benzene rings is 1. The van der Waals surface area contributed by atoms with Gasteiger partial charge in [-0.1, -0.05) is 29.3 Å². The zero-order valence-corrected chi connectivity index (χ0v) is 14.6. The van der Waals surface area contributed by atoms with E-state index in [-0.39, 0.29) is 11.9 Å². The minimum atomic E-state index is -0.0147. The minimum Gasteiger partial charge on any atom is -0.352 e. The molecule has 0 aliphatic carbocycles. The van der Waals surface area contributed by atoms with E-state index in [1.165, 1.54) is 5.69 Å². The van der Waals surface area contributed by atoms with E-state index in [4.69, 9.17) is 23.2 Å². The van der Waals surface area contributed by atoms with Crippen molar-refractivity contribution in [3.8, 4) is 11.1 Å². The van der Waals surface area contributed by atoms with E-state index in [2.05, 4.69) is 20.1 Å². The Labute approximate surface area is 148 Å². The minimum absolute atomic E-state index is 0.0147. The molecule has 2 N–H and O–H groups in total. The number of fused-ring (bicyclic) bond motifs is 3. The molecule has 0 saturated carbocycles. The number of nitrogens with zero attached hydrogens (tertiary/aromatic N) is 2. The van der Waals surface area contributed by atoms with Crippen LogP contribution in [0.25, 0.3) is 22.0 Å². The number of carbonyl (C=O) groups is 1. The lowest BCUT2D eigenvalue weighted by Gasteiger charge is -2.26. The fourth-order valence-electron chi connectivity index (χ4n) is 3.63. The standard InChI is InChI=1S/C17H16Cl2N4O/c1-9(24)22-11-2-5-14-15(10-6-20-21-7-10)12-3-4-13(18)16(19)17(12)23(14)8-11/h3-4,6-7,11H,2,5,8H2,1H3,(H,20,21)(H,22,24). The summed E-state index contributed by atoms with van der Waals surface area (Å²) in [5, 5.41) is 12.1. The Morgan fingerprint density at radius 3 is 2.96 bits per heavy atom. The van der Waals surface area contributed by atoms with E-state index in [1.54, 1.807) is 6.92 Å². The first-order chi connectivity index (χ1) is 11.6. The monoisotopic (exact) mass is 362 g/mol. The number of hydrogen-bond acceptors (Lipinski definition) is 2. The maximum atomic E-state index is 11.4. The summed E-state index contributed by atoms with van der Waals surface area (Å²) in [6, 6.07) is 3.93. The molecule has 3 heterocycles. The topological polar surface area (TPSA) is 62.7 Å². The van der Waals surface area contributed by atoms with Crippen LogP contribution in [0.15, 0.2) is 24.5 Å². The van der Waals surface area contributed by atoms with Gasteiger partial charge in [0.15, 0.2) is 0 Å². The van der Waals surface area contributed by atoms with Gasteiger partial charge in [0.25, 0.3) is 0 Å². The molecule has 0 bridgehead atoms. The summed E-state index contributed by atoms with van der Waals surface area (Å²) in [6.45, 7) is 2.23. The number of carbonyl (C=O) groups excluding carboxylic acids is 1. The summed E-state index contributed by atoms with van der Waals surface area (Å²) in [5.41, 5.74) is 4.30. The number of hydrogen-bond donors (Lipinski definition) is 2. The molecule has 24 heavy (non-hydrogen) atoms. The van der Waals surface area contributed by atoms with Crippen LogP contribution in [0.2, 0.25) is 10.0 Å². The van der Waals surface area contributed by atoms with Gasteiger partial charge in [0.05, 0.1) is 21.8 Å². The Bertz CT molecular complexity index is 930. The molecule has 1 aliphatic rings. The molecule has 1 aromatic carbocycles. The molecule has 1 atom stereocenters. The quantitative estimate of drug-likeness (QED) is 0.728. The second-order valence-corrected chi connectivity index (χ2v) is 6.90. The number of nitrogens with one attached hydrogen (secondary N) is 2. The van der Waals surface area contributed by atoms with Crippen molar-refractivity contribution in [2.24, 2.45) is 0 Å². The number of aromatic amines is 1. The van der Waals surface area contributed by atoms with Crippen molar-refractivity contribution in [2.45, 2.75) is 32.4 Å². The van der Waals surface area contributed by atoms with Gasteiger partial charge in [-0.2, -0.15) is 5.10 Å². The van der Waals surface area contributed by atoms with Gasteiger partial charge in [-0.25, -0.2) is 0 Å². The van der Waals surface area contributed by atoms with Crippen LogP contribution in [0.4, 0.5) is 0 Å². The lowest BCUT2D eigenvalue weighted by Crippen LogP contribution is -2.39. The Balaban J connectivity index is 1.96. The van der Waals surface area contributed by atoms with Gasteiger partial charge in [-0.05, 0) is 18.9 Å². The zero-order valence-electron chi connectivity index (χ0n) is 13.1. The number of H-pyrrole nitrogens is 1. The second-order valence-electron chi connectivity index (χ2n) is 6.11. The van der Waals surface area contributed by atoms with Crippen LogP contribution < -0.4 is 5.32 Å². The lowest BCUT2D eigenvalue weighted by molar-refractivity contribution is -0.119. The first kappa shape index (κ1) is 15.5. The van der Waals surface area contributed by atoms with Gasteiger partial charge in [0.1, 0.15) is 0 Å². The SMILES string of the molecule is CC(=O)NC1CCc2c(-c3cn[nH]c3)c3ccc(Cl)c(Cl)c3n2C1. The van der Waals surface area contributed by atoms with E-state index >= 15 is 0 Å². The number of halogens is 2. The highest BCUT2D eigenvalue weighted by atomic mass is 35.5. The molecule has 1 aliphatic heterocycles. The van der Waals surface area contributed by atoms with Gasteiger partial charge < -0.3 is 9.88 Å². The summed E-state index contributed by atoms with van der Waals surface area (Å²) >= 11 is 12.8. The normalized spacial score (nSPS) is 17.0. The van der Waals surface area contributed by atoms with Crippen LogP contribution in [-0.2, 0) is 17.8 Å². The van der Waals surface area contributed by atoms with E-state index in [0.29, 0.717) is 16.6 Å². The second kappa shape index (κ2) is 5.83. The average Bonchev–Trinajstić information content (AvgIpc) is 3.15. The summed E-state index contributed by atoms with van der Waals surface area (Å²) in [5.74, 6) is -0.0147. The highest BCUT2D eigenvalue weighted by Gasteiger charge is 2.27. The molecule has 5 nitrogen and oxygen atoms in total. The van der Waals surface area contributed by atoms with Crippen LogP contribution in [0, 0.1) is 0 Å². The van der Waals surface area contributed by atoms with Crippen LogP contribution in [0.3, 0.4) is 0 Å². The summed E-state index contributed by atoms with van der Waals surface area (Å²) in [4.78, 5) is 11.4. The largest absolute Gasteiger partial charge is 0.352 e. The van der Waals surface area contributed by atoms with Gasteiger partial charge in [0, 0.05) is 47.9 Å². The van der Waals surface area contributed by atoms with Crippen molar-refractivity contribution in [3.63, 3.8) is 0 Å². The number of rotatable bonds is 2. The molecule has 2 aromatic heterocycles. The summed E-state index contributed by atoms with van der Waals surface area (Å²) in [6.07, 6.45) is 5.45. The molecular formula is C17H16Cl2N4O. The van der Waals surface area contributed by atoms with Crippen molar-refractivity contribution in [3.05, 3.63) is 40.3 Å². The van der Waals surface area contributed by atoms with Gasteiger partial charge >= 0.3 is 0 Å². The van der Waals surface area contributed by atoms with E-state index in [1.807, 2.05) is 24.5 Å². The number of aromatic nitrogens is 3. The van der Waals surface area contributed by atoms with Crippen molar-refractivity contribution in [2.75, 3.05) is 0 Å². The molecular weight excluding hydrogens is 347 g/mol. The van der Waals surface area contributed by atoms with Gasteiger partial charge in [-0.15, -0.1) is 0 Å². The zero-order chi connectivity index (χ0) is 16.8. The van der Waals surface area contributed by atoms with E-state index in [0.717, 1.165) is 34.9 Å². The maximum absolute atomic E-state index is 11.4. The van der Waals surface area contributed by atoms with Crippen molar-refractivity contribution in [1.29, 1.82) is 0 Å². The summed E-state index contributed by atoms with van der Waals surface area (Å²) < 4.78 is 2.19. The highest BCUT2D eigenvalue weighted by molar-refractivity contribution is 6.45. The van der Waals surface area contributed by atoms with Crippen LogP contribution in [0.5, 0.6) is 0 Å². The van der Waals surface area contributed by atoms with Gasteiger partial charge in [-0.3, -0.25) is 9.89 Å². The lowest BCUT2D eigenvalue weighted by atomic mass is 9.99. The Kier molecular flexibility index (Phi) is 3.77. The average molecular weight is 363 g/mol. The smallest absolute Gasteiger partial charge is 0.217 e. The fraction of sp³-hybridized carbons (Fsp3) is 0.294. The third kappa shape index (κ3) is 2.39. The van der Waals surface area contributed by atoms with Gasteiger partial charge in [0.2, 0.25) is 5.91 Å². The molecule has 0 fully saturated rings. The molecule has 0 radical (unpaired) electrons. The molecule has 1 unspecified atom stereocenters. The molecule has 1 amide bonds. The Hall–Kier alpha value is -1.98. The first-order valence-electron chi connectivity index (χ1n) is 7.81. The predicted octanol–water partition coefficient (Wildman–Crippen LogP) is 3.79. The molecule has 0 spiro atoms. The Morgan fingerprint density at radius 2 is 2.25 bits per heavy atom. The van der Waals surface area contributed by atoms with E-state index < -0.39 is 0 Å². The third-order valence-electron chi connectivity index (χ3n) is 4.55. The van der Waals surface area contributed by atoms with E-state index in [9.17, 15) is 4.79 Å². The molecule has 3 aromatic rings. The molecule has 124 valence electrons. The first-order valence-corrected chi connectivity index (χ1v) is 8.57. The van der Waals surface area contributed by atoms with Crippen LogP contribution >= 0.6 is 23.2 Å². The molecule has 4 rings (SSSR count). The summed E-state index contributed by atoms with van der Waals surface area (Å²) in [7, 11) is 0. The molecule has 7 heteroatoms. The molecule has 0 saturated heterocycles. The fourth-order valence-corrected chi connectivity index (χ4v) is 4.05. The maximum Gasteiger partial charge on any atom is 0.217 e. The third-order valence-corrected chi connectivity index (χ3v) is 5.34. The van der Waals surface area contributed by atoms with Crippen LogP contribution in [-0.4, -0.2) is 26.7 Å². The number of amides is 1. The van der Waals surface area contributed by atoms with Crippen LogP contribution in [0.1, 0.15) is 19.0 Å². The van der Waals surface area contributed by atoms with Crippen molar-refractivity contribution >= 4 is 40.0 Å². The predicted molar refractivity (Wildman–Crippen MR) is 95.5 cm³/mol. The van der Waals surface area contributed by atoms with Crippen molar-refractivity contribution < 1.29 is 4.79 Å². The van der Waals surface area contributed by atoms with Crippen molar-refractivity contribution in [1.82, 2.24) is 20.1 Å². The highest BCUT2D eigenvalue weighted by Crippen LogP contribution is 2.42. The Morgan fingerprint density at radius 1 is 1.42 bits per heavy atom.